The van der Waals surface area contributed by atoms with E-state index in [1.165, 1.54) is 6.07 Å². The predicted molar refractivity (Wildman–Crippen MR) is 62.8 cm³/mol. The molecule has 92 valence electrons. The summed E-state index contributed by atoms with van der Waals surface area (Å²) >= 11 is 0. The van der Waals surface area contributed by atoms with Gasteiger partial charge >= 0.3 is 0 Å². The maximum atomic E-state index is 11.5. The number of sulfonamides is 1. The Hall–Kier alpha value is -1.40. The lowest BCUT2D eigenvalue weighted by atomic mass is 9.90. The second kappa shape index (κ2) is 4.46. The molecule has 1 amide bonds. The zero-order valence-electron chi connectivity index (χ0n) is 9.22. The molecule has 5 nitrogen and oxygen atoms in total. The topological polar surface area (TPSA) is 89.3 Å². The van der Waals surface area contributed by atoms with Crippen LogP contribution >= 0.6 is 0 Å². The summed E-state index contributed by atoms with van der Waals surface area (Å²) in [5.74, 6) is -0.122. The molecule has 1 aromatic carbocycles. The van der Waals surface area contributed by atoms with Crippen LogP contribution in [-0.2, 0) is 14.8 Å². The molecule has 1 saturated heterocycles. The molecule has 17 heavy (non-hydrogen) atoms. The van der Waals surface area contributed by atoms with E-state index in [0.29, 0.717) is 18.5 Å². The van der Waals surface area contributed by atoms with Crippen LogP contribution in [0.3, 0.4) is 0 Å². The van der Waals surface area contributed by atoms with Crippen LogP contribution in [0.5, 0.6) is 0 Å². The summed E-state index contributed by atoms with van der Waals surface area (Å²) in [7, 11) is -3.73. The first kappa shape index (κ1) is 12.1. The summed E-state index contributed by atoms with van der Waals surface area (Å²) in [4.78, 5) is 11.4. The fourth-order valence-corrected chi connectivity index (χ4v) is 2.96. The Bertz CT molecular complexity index is 539. The van der Waals surface area contributed by atoms with Crippen molar-refractivity contribution in [3.8, 4) is 0 Å². The van der Waals surface area contributed by atoms with Gasteiger partial charge in [-0.15, -0.1) is 0 Å². The van der Waals surface area contributed by atoms with E-state index in [1.54, 1.807) is 18.2 Å². The Morgan fingerprint density at radius 3 is 2.65 bits per heavy atom. The number of rotatable bonds is 2. The van der Waals surface area contributed by atoms with Gasteiger partial charge in [-0.1, -0.05) is 18.2 Å². The largest absolute Gasteiger partial charge is 0.356 e. The summed E-state index contributed by atoms with van der Waals surface area (Å²) in [5, 5.41) is 7.89. The predicted octanol–water partition coefficient (Wildman–Crippen LogP) is 0.328. The van der Waals surface area contributed by atoms with Crippen molar-refractivity contribution in [2.75, 3.05) is 6.54 Å². The number of benzene rings is 1. The van der Waals surface area contributed by atoms with Crippen LogP contribution in [0.25, 0.3) is 0 Å². The lowest BCUT2D eigenvalue weighted by Crippen LogP contribution is -2.33. The number of amides is 1. The molecule has 1 fully saturated rings. The SMILES string of the molecule is NS(=O)(=O)c1ccccc1C1CCNC(=O)C1. The summed E-state index contributed by atoms with van der Waals surface area (Å²) < 4.78 is 22.9. The van der Waals surface area contributed by atoms with E-state index in [2.05, 4.69) is 5.32 Å². The van der Waals surface area contributed by atoms with E-state index in [0.717, 1.165) is 6.42 Å². The van der Waals surface area contributed by atoms with Crippen molar-refractivity contribution in [1.29, 1.82) is 0 Å². The molecular formula is C11H14N2O3S. The molecule has 1 aliphatic rings. The highest BCUT2D eigenvalue weighted by atomic mass is 32.2. The third-order valence-electron chi connectivity index (χ3n) is 2.91. The normalized spacial score (nSPS) is 21.0. The highest BCUT2D eigenvalue weighted by Gasteiger charge is 2.25. The molecule has 0 spiro atoms. The van der Waals surface area contributed by atoms with Crippen molar-refractivity contribution in [3.05, 3.63) is 29.8 Å². The van der Waals surface area contributed by atoms with Crippen LogP contribution in [-0.4, -0.2) is 20.9 Å². The van der Waals surface area contributed by atoms with E-state index in [4.69, 9.17) is 5.14 Å². The maximum Gasteiger partial charge on any atom is 0.238 e. The monoisotopic (exact) mass is 254 g/mol. The molecule has 1 aliphatic heterocycles. The average Bonchev–Trinajstić information content (AvgIpc) is 2.28. The lowest BCUT2D eigenvalue weighted by Gasteiger charge is -2.23. The van der Waals surface area contributed by atoms with Crippen molar-refractivity contribution >= 4 is 15.9 Å². The Kier molecular flexibility index (Phi) is 3.17. The Balaban J connectivity index is 2.41. The van der Waals surface area contributed by atoms with Gasteiger partial charge in [0.25, 0.3) is 0 Å². The number of hydrogen-bond donors (Lipinski definition) is 2. The van der Waals surface area contributed by atoms with Crippen LogP contribution in [0.2, 0.25) is 0 Å². The van der Waals surface area contributed by atoms with Gasteiger partial charge in [0.05, 0.1) is 4.90 Å². The summed E-state index contributed by atoms with van der Waals surface area (Å²) in [6, 6.07) is 6.60. The number of nitrogens with two attached hydrogens (primary N) is 1. The second-order valence-corrected chi connectivity index (χ2v) is 5.65. The molecule has 1 aromatic rings. The Labute approximate surface area is 100 Å². The number of hydrogen-bond acceptors (Lipinski definition) is 3. The molecule has 6 heteroatoms. The van der Waals surface area contributed by atoms with Gasteiger partial charge in [-0.25, -0.2) is 13.6 Å². The third kappa shape index (κ3) is 2.65. The molecule has 0 bridgehead atoms. The minimum absolute atomic E-state index is 0.0505. The molecular weight excluding hydrogens is 240 g/mol. The molecule has 1 atom stereocenters. The van der Waals surface area contributed by atoms with Gasteiger partial charge in [-0.2, -0.15) is 0 Å². The smallest absolute Gasteiger partial charge is 0.238 e. The maximum absolute atomic E-state index is 11.5. The highest BCUT2D eigenvalue weighted by molar-refractivity contribution is 7.89. The summed E-state index contributed by atoms with van der Waals surface area (Å²) in [6.07, 6.45) is 1.05. The van der Waals surface area contributed by atoms with Gasteiger partial charge in [0.1, 0.15) is 0 Å². The van der Waals surface area contributed by atoms with E-state index < -0.39 is 10.0 Å². The standard InChI is InChI=1S/C11H14N2O3S/c12-17(15,16)10-4-2-1-3-9(10)8-5-6-13-11(14)7-8/h1-4,8H,5-7H2,(H,13,14)(H2,12,15,16). The van der Waals surface area contributed by atoms with Crippen molar-refractivity contribution in [3.63, 3.8) is 0 Å². The molecule has 2 rings (SSSR count). The van der Waals surface area contributed by atoms with Crippen molar-refractivity contribution < 1.29 is 13.2 Å². The van der Waals surface area contributed by atoms with Gasteiger partial charge in [0.2, 0.25) is 15.9 Å². The van der Waals surface area contributed by atoms with Crippen LogP contribution in [0, 0.1) is 0 Å². The lowest BCUT2D eigenvalue weighted by molar-refractivity contribution is -0.122. The number of piperidine rings is 1. The Morgan fingerprint density at radius 1 is 1.29 bits per heavy atom. The number of carbonyl (C=O) groups is 1. The first-order chi connectivity index (χ1) is 7.98. The zero-order valence-corrected chi connectivity index (χ0v) is 10.0. The molecule has 1 unspecified atom stereocenters. The van der Waals surface area contributed by atoms with Crippen molar-refractivity contribution in [1.82, 2.24) is 5.32 Å². The molecule has 3 N–H and O–H groups in total. The quantitative estimate of drug-likeness (QED) is 0.797. The van der Waals surface area contributed by atoms with Crippen LogP contribution in [0.1, 0.15) is 24.3 Å². The number of primary sulfonamides is 1. The van der Waals surface area contributed by atoms with Crippen molar-refractivity contribution in [2.24, 2.45) is 5.14 Å². The van der Waals surface area contributed by atoms with Gasteiger partial charge in [-0.05, 0) is 24.0 Å². The Morgan fingerprint density at radius 2 is 2.00 bits per heavy atom. The van der Waals surface area contributed by atoms with Crippen LogP contribution in [0.15, 0.2) is 29.2 Å². The molecule has 1 heterocycles. The first-order valence-electron chi connectivity index (χ1n) is 5.37. The van der Waals surface area contributed by atoms with E-state index in [-0.39, 0.29) is 16.7 Å². The fourth-order valence-electron chi connectivity index (χ4n) is 2.13. The van der Waals surface area contributed by atoms with Crippen LogP contribution in [0.4, 0.5) is 0 Å². The van der Waals surface area contributed by atoms with E-state index in [9.17, 15) is 13.2 Å². The molecule has 0 radical (unpaired) electrons. The van der Waals surface area contributed by atoms with Gasteiger partial charge in [0.15, 0.2) is 0 Å². The second-order valence-electron chi connectivity index (χ2n) is 4.12. The number of carbonyl (C=O) groups excluding carboxylic acids is 1. The first-order valence-corrected chi connectivity index (χ1v) is 6.91. The zero-order chi connectivity index (χ0) is 12.5. The average molecular weight is 254 g/mol. The molecule has 0 saturated carbocycles. The van der Waals surface area contributed by atoms with E-state index in [1.807, 2.05) is 0 Å². The minimum atomic E-state index is -3.73. The van der Waals surface area contributed by atoms with E-state index >= 15 is 0 Å². The highest BCUT2D eigenvalue weighted by Crippen LogP contribution is 2.30. The van der Waals surface area contributed by atoms with Gasteiger partial charge < -0.3 is 5.32 Å². The molecule has 0 aliphatic carbocycles. The van der Waals surface area contributed by atoms with Gasteiger partial charge in [0, 0.05) is 13.0 Å². The summed E-state index contributed by atoms with van der Waals surface area (Å²) in [6.45, 7) is 0.572. The van der Waals surface area contributed by atoms with Crippen LogP contribution < -0.4 is 10.5 Å². The third-order valence-corrected chi connectivity index (χ3v) is 3.90. The van der Waals surface area contributed by atoms with Gasteiger partial charge in [-0.3, -0.25) is 4.79 Å². The molecule has 0 aromatic heterocycles. The minimum Gasteiger partial charge on any atom is -0.356 e. The number of nitrogens with one attached hydrogen (secondary N) is 1. The van der Waals surface area contributed by atoms with Crippen molar-refractivity contribution in [2.45, 2.75) is 23.7 Å². The fraction of sp³-hybridized carbons (Fsp3) is 0.364. The summed E-state index contributed by atoms with van der Waals surface area (Å²) in [5.41, 5.74) is 0.643.